The van der Waals surface area contributed by atoms with Crippen molar-refractivity contribution in [2.45, 2.75) is 13.3 Å². The SMILES string of the molecule is Cc1ccc(Br)c(C(=O)N2CCC(CBr)C2)c1. The molecular formula is C13H15Br2NO. The Morgan fingerprint density at radius 3 is 2.94 bits per heavy atom. The number of alkyl halides is 1. The topological polar surface area (TPSA) is 20.3 Å². The van der Waals surface area contributed by atoms with Crippen molar-refractivity contribution in [2.75, 3.05) is 18.4 Å². The number of amides is 1. The lowest BCUT2D eigenvalue weighted by Crippen LogP contribution is -2.29. The highest BCUT2D eigenvalue weighted by molar-refractivity contribution is 9.10. The predicted octanol–water partition coefficient (Wildman–Crippen LogP) is 3.61. The normalized spacial score (nSPS) is 19.7. The zero-order chi connectivity index (χ0) is 12.4. The average Bonchev–Trinajstić information content (AvgIpc) is 2.80. The standard InChI is InChI=1S/C13H15Br2NO/c1-9-2-3-12(15)11(6-9)13(17)16-5-4-10(7-14)8-16/h2-3,6,10H,4-5,7-8H2,1H3. The fourth-order valence-corrected chi connectivity index (χ4v) is 3.06. The smallest absolute Gasteiger partial charge is 0.255 e. The van der Waals surface area contributed by atoms with Gasteiger partial charge in [-0.1, -0.05) is 27.6 Å². The van der Waals surface area contributed by atoms with Crippen LogP contribution in [0.25, 0.3) is 0 Å². The molecular weight excluding hydrogens is 346 g/mol. The number of rotatable bonds is 2. The van der Waals surface area contributed by atoms with E-state index in [0.29, 0.717) is 5.92 Å². The Morgan fingerprint density at radius 1 is 1.53 bits per heavy atom. The van der Waals surface area contributed by atoms with Gasteiger partial charge in [-0.15, -0.1) is 0 Å². The maximum Gasteiger partial charge on any atom is 0.255 e. The van der Waals surface area contributed by atoms with E-state index < -0.39 is 0 Å². The monoisotopic (exact) mass is 359 g/mol. The van der Waals surface area contributed by atoms with Crippen molar-refractivity contribution < 1.29 is 4.79 Å². The van der Waals surface area contributed by atoms with E-state index in [1.54, 1.807) is 0 Å². The molecule has 2 nitrogen and oxygen atoms in total. The van der Waals surface area contributed by atoms with Gasteiger partial charge >= 0.3 is 0 Å². The van der Waals surface area contributed by atoms with Gasteiger partial charge in [0.1, 0.15) is 0 Å². The van der Waals surface area contributed by atoms with Crippen LogP contribution in [0.5, 0.6) is 0 Å². The molecule has 0 N–H and O–H groups in total. The lowest BCUT2D eigenvalue weighted by Gasteiger charge is -2.17. The molecule has 4 heteroatoms. The molecule has 1 heterocycles. The van der Waals surface area contributed by atoms with Crippen LogP contribution in [0.3, 0.4) is 0 Å². The third-order valence-electron chi connectivity index (χ3n) is 3.14. The molecule has 0 bridgehead atoms. The molecule has 1 amide bonds. The van der Waals surface area contributed by atoms with E-state index in [4.69, 9.17) is 0 Å². The first kappa shape index (κ1) is 13.1. The summed E-state index contributed by atoms with van der Waals surface area (Å²) in [7, 11) is 0. The predicted molar refractivity (Wildman–Crippen MR) is 76.7 cm³/mol. The number of halogens is 2. The maximum absolute atomic E-state index is 12.4. The van der Waals surface area contributed by atoms with Crippen molar-refractivity contribution in [2.24, 2.45) is 5.92 Å². The second-order valence-electron chi connectivity index (χ2n) is 4.54. The van der Waals surface area contributed by atoms with Crippen LogP contribution in [0.2, 0.25) is 0 Å². The minimum atomic E-state index is 0.143. The minimum Gasteiger partial charge on any atom is -0.338 e. The highest BCUT2D eigenvalue weighted by Gasteiger charge is 2.27. The second-order valence-corrected chi connectivity index (χ2v) is 6.05. The van der Waals surface area contributed by atoms with E-state index >= 15 is 0 Å². The number of benzene rings is 1. The third kappa shape index (κ3) is 2.91. The summed E-state index contributed by atoms with van der Waals surface area (Å²) in [4.78, 5) is 14.3. The molecule has 1 aliphatic rings. The van der Waals surface area contributed by atoms with Gasteiger partial charge < -0.3 is 4.90 Å². The maximum atomic E-state index is 12.4. The molecule has 0 saturated carbocycles. The molecule has 92 valence electrons. The lowest BCUT2D eigenvalue weighted by molar-refractivity contribution is 0.0787. The summed E-state index contributed by atoms with van der Waals surface area (Å²) in [6.45, 7) is 3.74. The third-order valence-corrected chi connectivity index (χ3v) is 4.75. The van der Waals surface area contributed by atoms with Crippen molar-refractivity contribution in [1.29, 1.82) is 0 Å². The van der Waals surface area contributed by atoms with Gasteiger partial charge in [0.25, 0.3) is 5.91 Å². The first-order chi connectivity index (χ1) is 8.11. The Morgan fingerprint density at radius 2 is 2.29 bits per heavy atom. The van der Waals surface area contributed by atoms with Gasteiger partial charge in [0.2, 0.25) is 0 Å². The molecule has 1 atom stereocenters. The Hall–Kier alpha value is -0.350. The number of nitrogens with zero attached hydrogens (tertiary/aromatic N) is 1. The summed E-state index contributed by atoms with van der Waals surface area (Å²) in [6, 6.07) is 5.90. The Bertz CT molecular complexity index is 433. The van der Waals surface area contributed by atoms with Gasteiger partial charge in [0, 0.05) is 22.9 Å². The fraction of sp³-hybridized carbons (Fsp3) is 0.462. The molecule has 1 unspecified atom stereocenters. The number of aryl methyl sites for hydroxylation is 1. The second kappa shape index (κ2) is 5.53. The van der Waals surface area contributed by atoms with Crippen LogP contribution < -0.4 is 0 Å². The fourth-order valence-electron chi connectivity index (χ4n) is 2.12. The van der Waals surface area contributed by atoms with Gasteiger partial charge in [-0.2, -0.15) is 0 Å². The molecule has 0 spiro atoms. The van der Waals surface area contributed by atoms with Crippen LogP contribution in [0.15, 0.2) is 22.7 Å². The van der Waals surface area contributed by atoms with Gasteiger partial charge in [0.05, 0.1) is 5.56 Å². The first-order valence-corrected chi connectivity index (χ1v) is 7.64. The Kier molecular flexibility index (Phi) is 4.26. The number of hydrogen-bond acceptors (Lipinski definition) is 1. The average molecular weight is 361 g/mol. The number of likely N-dealkylation sites (tertiary alicyclic amines) is 1. The number of hydrogen-bond donors (Lipinski definition) is 0. The van der Waals surface area contributed by atoms with E-state index in [2.05, 4.69) is 31.9 Å². The lowest BCUT2D eigenvalue weighted by atomic mass is 10.1. The molecule has 1 aromatic rings. The van der Waals surface area contributed by atoms with E-state index in [9.17, 15) is 4.79 Å². The van der Waals surface area contributed by atoms with Crippen LogP contribution in [0.1, 0.15) is 22.3 Å². The van der Waals surface area contributed by atoms with Gasteiger partial charge in [-0.05, 0) is 47.3 Å². The van der Waals surface area contributed by atoms with E-state index in [1.807, 2.05) is 30.0 Å². The van der Waals surface area contributed by atoms with Gasteiger partial charge in [-0.25, -0.2) is 0 Å². The van der Waals surface area contributed by atoms with Crippen LogP contribution in [-0.4, -0.2) is 29.2 Å². The Labute approximate surface area is 119 Å². The highest BCUT2D eigenvalue weighted by Crippen LogP contribution is 2.24. The summed E-state index contributed by atoms with van der Waals surface area (Å²) < 4.78 is 0.885. The quantitative estimate of drug-likeness (QED) is 0.737. The summed E-state index contributed by atoms with van der Waals surface area (Å²) in [5.74, 6) is 0.742. The van der Waals surface area contributed by atoms with E-state index in [1.165, 1.54) is 0 Å². The molecule has 2 rings (SSSR count). The number of carbonyl (C=O) groups is 1. The largest absolute Gasteiger partial charge is 0.338 e. The minimum absolute atomic E-state index is 0.143. The van der Waals surface area contributed by atoms with E-state index in [0.717, 1.165) is 40.4 Å². The first-order valence-electron chi connectivity index (χ1n) is 5.73. The molecule has 1 fully saturated rings. The van der Waals surface area contributed by atoms with Crippen molar-refractivity contribution >= 4 is 37.8 Å². The summed E-state index contributed by atoms with van der Waals surface area (Å²) in [5.41, 5.74) is 1.90. The van der Waals surface area contributed by atoms with Crippen molar-refractivity contribution in [3.8, 4) is 0 Å². The van der Waals surface area contributed by atoms with Crippen LogP contribution in [0.4, 0.5) is 0 Å². The molecule has 0 radical (unpaired) electrons. The summed E-state index contributed by atoms with van der Waals surface area (Å²) in [6.07, 6.45) is 1.10. The molecule has 0 aliphatic carbocycles. The van der Waals surface area contributed by atoms with Crippen LogP contribution in [-0.2, 0) is 0 Å². The van der Waals surface area contributed by atoms with Crippen molar-refractivity contribution in [3.63, 3.8) is 0 Å². The van der Waals surface area contributed by atoms with Crippen LogP contribution >= 0.6 is 31.9 Å². The molecule has 0 aromatic heterocycles. The van der Waals surface area contributed by atoms with Gasteiger partial charge in [-0.3, -0.25) is 4.79 Å². The van der Waals surface area contributed by atoms with E-state index in [-0.39, 0.29) is 5.91 Å². The van der Waals surface area contributed by atoms with Crippen LogP contribution in [0, 0.1) is 12.8 Å². The van der Waals surface area contributed by atoms with Crippen molar-refractivity contribution in [3.05, 3.63) is 33.8 Å². The molecule has 1 aliphatic heterocycles. The Balaban J connectivity index is 2.17. The molecule has 1 aromatic carbocycles. The van der Waals surface area contributed by atoms with Crippen molar-refractivity contribution in [1.82, 2.24) is 4.90 Å². The zero-order valence-electron chi connectivity index (χ0n) is 9.75. The summed E-state index contributed by atoms with van der Waals surface area (Å²) in [5, 5.41) is 0.978. The number of carbonyl (C=O) groups excluding carboxylic acids is 1. The zero-order valence-corrected chi connectivity index (χ0v) is 12.9. The highest BCUT2D eigenvalue weighted by atomic mass is 79.9. The summed E-state index contributed by atoms with van der Waals surface area (Å²) >= 11 is 6.94. The van der Waals surface area contributed by atoms with Gasteiger partial charge in [0.15, 0.2) is 0 Å². The molecule has 17 heavy (non-hydrogen) atoms. The molecule has 1 saturated heterocycles.